The van der Waals surface area contributed by atoms with Crippen LogP contribution in [0.5, 0.6) is 17.2 Å². The van der Waals surface area contributed by atoms with Crippen molar-refractivity contribution in [1.29, 1.82) is 0 Å². The lowest BCUT2D eigenvalue weighted by atomic mass is 10.1. The van der Waals surface area contributed by atoms with Gasteiger partial charge in [0.2, 0.25) is 15.9 Å². The predicted molar refractivity (Wildman–Crippen MR) is 126 cm³/mol. The first-order chi connectivity index (χ1) is 16.8. The largest absolute Gasteiger partial charge is 0.493 e. The van der Waals surface area contributed by atoms with E-state index >= 15 is 0 Å². The minimum atomic E-state index is -3.73. The van der Waals surface area contributed by atoms with Crippen LogP contribution in [0.3, 0.4) is 0 Å². The van der Waals surface area contributed by atoms with Crippen molar-refractivity contribution < 1.29 is 36.9 Å². The lowest BCUT2D eigenvalue weighted by Gasteiger charge is -2.35. The highest BCUT2D eigenvalue weighted by Crippen LogP contribution is 2.34. The summed E-state index contributed by atoms with van der Waals surface area (Å²) in [7, 11) is -0.787. The maximum Gasteiger partial charge on any atom is 0.341 e. The summed E-state index contributed by atoms with van der Waals surface area (Å²) >= 11 is 0. The molecular formula is C23H25N3O8S. The molecule has 35 heavy (non-hydrogen) atoms. The average Bonchev–Trinajstić information content (AvgIpc) is 3.41. The second kappa shape index (κ2) is 10.2. The first kappa shape index (κ1) is 24.4. The Morgan fingerprint density at radius 2 is 1.77 bits per heavy atom. The first-order valence-electron chi connectivity index (χ1n) is 10.7. The molecule has 2 aromatic carbocycles. The zero-order chi connectivity index (χ0) is 25.0. The second-order valence-corrected chi connectivity index (χ2v) is 9.55. The molecule has 1 aliphatic rings. The molecule has 1 fully saturated rings. The lowest BCUT2D eigenvalue weighted by molar-refractivity contribution is -0.139. The molecule has 12 heteroatoms. The van der Waals surface area contributed by atoms with Gasteiger partial charge in [-0.3, -0.25) is 0 Å². The number of carboxylic acids is 1. The number of carbonyl (C=O) groups is 1. The van der Waals surface area contributed by atoms with E-state index in [1.165, 1.54) is 43.1 Å². The molecule has 0 amide bonds. The maximum absolute atomic E-state index is 13.2. The number of aliphatic carboxylic acids is 1. The summed E-state index contributed by atoms with van der Waals surface area (Å²) in [6.45, 7) is 0.883. The Balaban J connectivity index is 1.51. The van der Waals surface area contributed by atoms with Gasteiger partial charge in [-0.2, -0.15) is 4.31 Å². The number of sulfonamides is 1. The molecule has 0 radical (unpaired) electrons. The van der Waals surface area contributed by atoms with Crippen molar-refractivity contribution in [3.05, 3.63) is 48.9 Å². The van der Waals surface area contributed by atoms with Crippen LogP contribution in [0.1, 0.15) is 0 Å². The summed E-state index contributed by atoms with van der Waals surface area (Å²) in [5, 5.41) is 9.02. The molecule has 3 aromatic rings. The molecule has 0 saturated carbocycles. The third-order valence-corrected chi connectivity index (χ3v) is 7.47. The number of anilines is 1. The van der Waals surface area contributed by atoms with Crippen LogP contribution in [0.4, 0.5) is 5.69 Å². The number of piperazine rings is 1. The van der Waals surface area contributed by atoms with Crippen LogP contribution in [0.25, 0.3) is 11.5 Å². The van der Waals surface area contributed by atoms with Crippen molar-refractivity contribution in [2.75, 3.05) is 51.9 Å². The normalized spacial score (nSPS) is 14.5. The Morgan fingerprint density at radius 1 is 1.03 bits per heavy atom. The summed E-state index contributed by atoms with van der Waals surface area (Å²) in [5.74, 6) is 0.302. The minimum absolute atomic E-state index is 0.128. The van der Waals surface area contributed by atoms with Crippen molar-refractivity contribution in [3.63, 3.8) is 0 Å². The highest BCUT2D eigenvalue weighted by atomic mass is 32.2. The van der Waals surface area contributed by atoms with Gasteiger partial charge in [0.25, 0.3) is 0 Å². The molecule has 1 aliphatic heterocycles. The molecule has 1 saturated heterocycles. The third kappa shape index (κ3) is 5.17. The fourth-order valence-corrected chi connectivity index (χ4v) is 5.25. The van der Waals surface area contributed by atoms with Crippen molar-refractivity contribution >= 4 is 21.7 Å². The molecule has 1 N–H and O–H groups in total. The monoisotopic (exact) mass is 503 g/mol. The third-order valence-electron chi connectivity index (χ3n) is 5.58. The lowest BCUT2D eigenvalue weighted by Crippen LogP contribution is -2.48. The van der Waals surface area contributed by atoms with Crippen LogP contribution in [0.15, 0.2) is 58.2 Å². The van der Waals surface area contributed by atoms with Gasteiger partial charge in [-0.1, -0.05) is 0 Å². The standard InChI is InChI=1S/C23H25N3O8S/c1-31-19-6-4-17(14-21(19)32-2)35(29,30)26-10-8-25(9-11-26)16-3-5-18(23-24-7-12-33-23)20(13-16)34-15-22(27)28/h3-7,12-14H,8-11,15H2,1-2H3,(H,27,28). The zero-order valence-electron chi connectivity index (χ0n) is 19.2. The molecule has 0 atom stereocenters. The SMILES string of the molecule is COc1ccc(S(=O)(=O)N2CCN(c3ccc(-c4ncco4)c(OCC(=O)O)c3)CC2)cc1OC. The van der Waals surface area contributed by atoms with Crippen LogP contribution >= 0.6 is 0 Å². The van der Waals surface area contributed by atoms with E-state index in [0.717, 1.165) is 5.69 Å². The zero-order valence-corrected chi connectivity index (χ0v) is 20.0. The van der Waals surface area contributed by atoms with Gasteiger partial charge in [0.15, 0.2) is 18.1 Å². The Morgan fingerprint density at radius 3 is 2.40 bits per heavy atom. The molecule has 2 heterocycles. The number of ether oxygens (including phenoxy) is 3. The molecule has 4 rings (SSSR count). The van der Waals surface area contributed by atoms with E-state index in [2.05, 4.69) is 4.98 Å². The maximum atomic E-state index is 13.2. The van der Waals surface area contributed by atoms with E-state index in [9.17, 15) is 13.2 Å². The van der Waals surface area contributed by atoms with E-state index in [1.807, 2.05) is 11.0 Å². The smallest absolute Gasteiger partial charge is 0.341 e. The second-order valence-electron chi connectivity index (χ2n) is 7.61. The Hall–Kier alpha value is -3.77. The van der Waals surface area contributed by atoms with Gasteiger partial charge in [0.1, 0.15) is 12.0 Å². The number of nitrogens with zero attached hydrogens (tertiary/aromatic N) is 3. The van der Waals surface area contributed by atoms with E-state index in [-0.39, 0.29) is 18.0 Å². The topological polar surface area (TPSA) is 132 Å². The summed E-state index contributed by atoms with van der Waals surface area (Å²) in [4.78, 5) is 17.3. The van der Waals surface area contributed by atoms with E-state index in [4.69, 9.17) is 23.7 Å². The minimum Gasteiger partial charge on any atom is -0.493 e. The van der Waals surface area contributed by atoms with Crippen LogP contribution in [0, 0.1) is 0 Å². The summed E-state index contributed by atoms with van der Waals surface area (Å²) in [5.41, 5.74) is 1.29. The molecule has 186 valence electrons. The van der Waals surface area contributed by atoms with Crippen molar-refractivity contribution in [3.8, 4) is 28.7 Å². The number of carboxylic acid groups (broad SMARTS) is 1. The first-order valence-corrected chi connectivity index (χ1v) is 12.1. The number of hydrogen-bond acceptors (Lipinski definition) is 9. The fraction of sp³-hybridized carbons (Fsp3) is 0.304. The van der Waals surface area contributed by atoms with Gasteiger partial charge in [-0.25, -0.2) is 18.2 Å². The van der Waals surface area contributed by atoms with E-state index in [0.29, 0.717) is 41.8 Å². The van der Waals surface area contributed by atoms with Crippen molar-refractivity contribution in [2.24, 2.45) is 0 Å². The molecule has 1 aromatic heterocycles. The van der Waals surface area contributed by atoms with Crippen LogP contribution in [0.2, 0.25) is 0 Å². The summed E-state index contributed by atoms with van der Waals surface area (Å²) in [6, 6.07) is 9.80. The molecule has 0 aliphatic carbocycles. The summed E-state index contributed by atoms with van der Waals surface area (Å²) < 4.78 is 49.1. The fourth-order valence-electron chi connectivity index (χ4n) is 3.81. The Labute approximate surface area is 202 Å². The molecule has 0 unspecified atom stereocenters. The molecule has 0 spiro atoms. The highest BCUT2D eigenvalue weighted by Gasteiger charge is 2.30. The van der Waals surface area contributed by atoms with Gasteiger partial charge in [-0.05, 0) is 24.3 Å². The highest BCUT2D eigenvalue weighted by molar-refractivity contribution is 7.89. The average molecular weight is 504 g/mol. The number of aromatic nitrogens is 1. The molecular weight excluding hydrogens is 478 g/mol. The Kier molecular flexibility index (Phi) is 7.12. The van der Waals surface area contributed by atoms with Gasteiger partial charge in [0, 0.05) is 44.0 Å². The van der Waals surface area contributed by atoms with Crippen LogP contribution < -0.4 is 19.1 Å². The van der Waals surface area contributed by atoms with Gasteiger partial charge >= 0.3 is 5.97 Å². The number of rotatable bonds is 9. The molecule has 11 nitrogen and oxygen atoms in total. The van der Waals surface area contributed by atoms with E-state index in [1.54, 1.807) is 18.2 Å². The van der Waals surface area contributed by atoms with Crippen LogP contribution in [-0.4, -0.2) is 75.8 Å². The number of hydrogen-bond donors (Lipinski definition) is 1. The summed E-state index contributed by atoms with van der Waals surface area (Å²) in [6.07, 6.45) is 2.91. The number of benzene rings is 2. The quantitative estimate of drug-likeness (QED) is 0.464. The number of oxazole rings is 1. The van der Waals surface area contributed by atoms with E-state index < -0.39 is 22.6 Å². The van der Waals surface area contributed by atoms with Gasteiger partial charge < -0.3 is 28.6 Å². The molecule has 0 bridgehead atoms. The van der Waals surface area contributed by atoms with Crippen molar-refractivity contribution in [2.45, 2.75) is 4.90 Å². The Bertz CT molecular complexity index is 1290. The number of methoxy groups -OCH3 is 2. The van der Waals surface area contributed by atoms with Gasteiger partial charge in [0.05, 0.1) is 30.9 Å². The predicted octanol–water partition coefficient (Wildman–Crippen LogP) is 2.33. The van der Waals surface area contributed by atoms with Gasteiger partial charge in [-0.15, -0.1) is 0 Å². The van der Waals surface area contributed by atoms with Crippen molar-refractivity contribution in [1.82, 2.24) is 9.29 Å². The van der Waals surface area contributed by atoms with Crippen LogP contribution in [-0.2, 0) is 14.8 Å².